The summed E-state index contributed by atoms with van der Waals surface area (Å²) in [4.78, 5) is 11.6. The Morgan fingerprint density at radius 1 is 1.38 bits per heavy atom. The van der Waals surface area contributed by atoms with Gasteiger partial charge in [-0.3, -0.25) is 4.79 Å². The Morgan fingerprint density at radius 2 is 2.00 bits per heavy atom. The Labute approximate surface area is 99.0 Å². The standard InChI is InChI=1S/C14H23NO/c1-13(2,3)11-5-6-12(16)7-8-14(4,9-11)10-15/h11H,5-9H2,1-4H3. The molecule has 1 aliphatic rings. The van der Waals surface area contributed by atoms with Crippen LogP contribution in [0.1, 0.15) is 59.8 Å². The van der Waals surface area contributed by atoms with E-state index < -0.39 is 0 Å². The molecule has 0 aromatic rings. The molecule has 0 heterocycles. The van der Waals surface area contributed by atoms with Gasteiger partial charge in [0.15, 0.2) is 0 Å². The number of nitrogens with zero attached hydrogens (tertiary/aromatic N) is 1. The predicted molar refractivity (Wildman–Crippen MR) is 64.8 cm³/mol. The van der Waals surface area contributed by atoms with Gasteiger partial charge in [-0.1, -0.05) is 20.8 Å². The minimum atomic E-state index is -0.311. The molecule has 2 unspecified atom stereocenters. The SMILES string of the molecule is CC1(C#N)CCC(=O)CCC(C(C)(C)C)C1. The van der Waals surface area contributed by atoms with Crippen molar-refractivity contribution >= 4 is 5.78 Å². The summed E-state index contributed by atoms with van der Waals surface area (Å²) >= 11 is 0. The highest BCUT2D eigenvalue weighted by molar-refractivity contribution is 5.78. The summed E-state index contributed by atoms with van der Waals surface area (Å²) in [6, 6.07) is 2.42. The van der Waals surface area contributed by atoms with Crippen molar-refractivity contribution in [1.29, 1.82) is 5.26 Å². The largest absolute Gasteiger partial charge is 0.300 e. The molecule has 0 saturated heterocycles. The number of ketones is 1. The Hall–Kier alpha value is -0.840. The van der Waals surface area contributed by atoms with Crippen molar-refractivity contribution in [3.8, 4) is 6.07 Å². The van der Waals surface area contributed by atoms with E-state index in [1.165, 1.54) is 0 Å². The summed E-state index contributed by atoms with van der Waals surface area (Å²) in [5.41, 5.74) is -0.121. The number of carbonyl (C=O) groups excluding carboxylic acids is 1. The summed E-state index contributed by atoms with van der Waals surface area (Å²) in [5, 5.41) is 9.28. The van der Waals surface area contributed by atoms with Gasteiger partial charge in [-0.2, -0.15) is 5.26 Å². The highest BCUT2D eigenvalue weighted by atomic mass is 16.1. The zero-order valence-corrected chi connectivity index (χ0v) is 11.0. The van der Waals surface area contributed by atoms with Crippen molar-refractivity contribution in [2.24, 2.45) is 16.7 Å². The molecule has 0 aromatic heterocycles. The van der Waals surface area contributed by atoms with E-state index >= 15 is 0 Å². The Morgan fingerprint density at radius 3 is 2.50 bits per heavy atom. The van der Waals surface area contributed by atoms with Gasteiger partial charge in [0.2, 0.25) is 0 Å². The lowest BCUT2D eigenvalue weighted by atomic mass is 9.66. The summed E-state index contributed by atoms with van der Waals surface area (Å²) in [5.74, 6) is 0.803. The molecule has 0 amide bonds. The van der Waals surface area contributed by atoms with E-state index in [4.69, 9.17) is 0 Å². The van der Waals surface area contributed by atoms with E-state index in [2.05, 4.69) is 26.8 Å². The molecule has 2 atom stereocenters. The molecule has 0 N–H and O–H groups in total. The molecule has 1 rings (SSSR count). The first kappa shape index (κ1) is 13.2. The average molecular weight is 221 g/mol. The minimum Gasteiger partial charge on any atom is -0.300 e. The molecule has 0 aromatic carbocycles. The van der Waals surface area contributed by atoms with Gasteiger partial charge in [-0.15, -0.1) is 0 Å². The van der Waals surface area contributed by atoms with Gasteiger partial charge < -0.3 is 0 Å². The fourth-order valence-electron chi connectivity index (χ4n) is 2.46. The second-order valence-electron chi connectivity index (χ2n) is 6.52. The smallest absolute Gasteiger partial charge is 0.132 e. The fraction of sp³-hybridized carbons (Fsp3) is 0.857. The normalized spacial score (nSPS) is 32.7. The number of hydrogen-bond acceptors (Lipinski definition) is 2. The molecule has 0 aliphatic heterocycles. The molecular formula is C14H23NO. The van der Waals surface area contributed by atoms with E-state index in [0.717, 1.165) is 19.3 Å². The van der Waals surface area contributed by atoms with Gasteiger partial charge in [0.1, 0.15) is 5.78 Å². The molecule has 0 spiro atoms. The third kappa shape index (κ3) is 3.33. The third-order valence-electron chi connectivity index (χ3n) is 3.92. The maximum absolute atomic E-state index is 11.6. The molecule has 2 nitrogen and oxygen atoms in total. The molecular weight excluding hydrogens is 198 g/mol. The van der Waals surface area contributed by atoms with Crippen LogP contribution in [-0.4, -0.2) is 5.78 Å². The third-order valence-corrected chi connectivity index (χ3v) is 3.92. The molecule has 1 saturated carbocycles. The molecule has 0 bridgehead atoms. The number of Topliss-reactive ketones (excluding diaryl/α,β-unsaturated/α-hetero) is 1. The quantitative estimate of drug-likeness (QED) is 0.625. The van der Waals surface area contributed by atoms with Gasteiger partial charge in [-0.05, 0) is 37.5 Å². The molecule has 1 aliphatic carbocycles. The number of carbonyl (C=O) groups is 1. The van der Waals surface area contributed by atoms with E-state index in [9.17, 15) is 10.1 Å². The minimum absolute atomic E-state index is 0.190. The molecule has 0 radical (unpaired) electrons. The number of nitriles is 1. The first-order valence-corrected chi connectivity index (χ1v) is 6.20. The second-order valence-corrected chi connectivity index (χ2v) is 6.52. The van der Waals surface area contributed by atoms with Crippen LogP contribution in [0.2, 0.25) is 0 Å². The van der Waals surface area contributed by atoms with E-state index in [0.29, 0.717) is 24.5 Å². The fourth-order valence-corrected chi connectivity index (χ4v) is 2.46. The second kappa shape index (κ2) is 4.57. The van der Waals surface area contributed by atoms with Gasteiger partial charge >= 0.3 is 0 Å². The van der Waals surface area contributed by atoms with Gasteiger partial charge in [-0.25, -0.2) is 0 Å². The topological polar surface area (TPSA) is 40.9 Å². The highest BCUT2D eigenvalue weighted by Crippen LogP contribution is 2.42. The molecule has 1 fully saturated rings. The van der Waals surface area contributed by atoms with Crippen LogP contribution in [0.4, 0.5) is 0 Å². The lowest BCUT2D eigenvalue weighted by Gasteiger charge is -2.37. The van der Waals surface area contributed by atoms with Crippen molar-refractivity contribution in [3.63, 3.8) is 0 Å². The summed E-state index contributed by atoms with van der Waals surface area (Å²) in [6.45, 7) is 8.63. The van der Waals surface area contributed by atoms with Gasteiger partial charge in [0, 0.05) is 12.8 Å². The monoisotopic (exact) mass is 221 g/mol. The summed E-state index contributed by atoms with van der Waals surface area (Å²) in [6.07, 6.45) is 3.89. The summed E-state index contributed by atoms with van der Waals surface area (Å²) in [7, 11) is 0. The Kier molecular flexibility index (Phi) is 3.78. The number of rotatable bonds is 0. The molecule has 16 heavy (non-hydrogen) atoms. The van der Waals surface area contributed by atoms with Crippen LogP contribution in [0.25, 0.3) is 0 Å². The van der Waals surface area contributed by atoms with Gasteiger partial charge in [0.25, 0.3) is 0 Å². The van der Waals surface area contributed by atoms with Crippen molar-refractivity contribution in [2.75, 3.05) is 0 Å². The lowest BCUT2D eigenvalue weighted by Crippen LogP contribution is -2.30. The van der Waals surface area contributed by atoms with E-state index in [-0.39, 0.29) is 10.8 Å². The average Bonchev–Trinajstić information content (AvgIpc) is 2.17. The van der Waals surface area contributed by atoms with Crippen molar-refractivity contribution in [1.82, 2.24) is 0 Å². The summed E-state index contributed by atoms with van der Waals surface area (Å²) < 4.78 is 0. The maximum atomic E-state index is 11.6. The van der Waals surface area contributed by atoms with Crippen molar-refractivity contribution < 1.29 is 4.79 Å². The van der Waals surface area contributed by atoms with Crippen LogP contribution in [0.15, 0.2) is 0 Å². The Bertz CT molecular complexity index is 308. The van der Waals surface area contributed by atoms with Crippen LogP contribution < -0.4 is 0 Å². The van der Waals surface area contributed by atoms with Crippen LogP contribution in [0.5, 0.6) is 0 Å². The first-order chi connectivity index (χ1) is 7.27. The van der Waals surface area contributed by atoms with E-state index in [1.54, 1.807) is 0 Å². The van der Waals surface area contributed by atoms with Crippen molar-refractivity contribution in [2.45, 2.75) is 59.8 Å². The maximum Gasteiger partial charge on any atom is 0.132 e. The van der Waals surface area contributed by atoms with Crippen LogP contribution in [0, 0.1) is 28.1 Å². The van der Waals surface area contributed by atoms with Gasteiger partial charge in [0.05, 0.1) is 11.5 Å². The molecule has 90 valence electrons. The predicted octanol–water partition coefficient (Wildman–Crippen LogP) is 3.71. The van der Waals surface area contributed by atoms with E-state index in [1.807, 2.05) is 6.92 Å². The zero-order valence-electron chi connectivity index (χ0n) is 11.0. The van der Waals surface area contributed by atoms with Crippen LogP contribution in [0.3, 0.4) is 0 Å². The van der Waals surface area contributed by atoms with Crippen LogP contribution in [-0.2, 0) is 4.79 Å². The lowest BCUT2D eigenvalue weighted by molar-refractivity contribution is -0.120. The molecule has 2 heteroatoms. The van der Waals surface area contributed by atoms with Crippen LogP contribution >= 0.6 is 0 Å². The number of hydrogen-bond donors (Lipinski definition) is 0. The highest BCUT2D eigenvalue weighted by Gasteiger charge is 2.36. The zero-order chi connectivity index (χ0) is 12.4. The Balaban J connectivity index is 2.87. The van der Waals surface area contributed by atoms with Crippen molar-refractivity contribution in [3.05, 3.63) is 0 Å². The first-order valence-electron chi connectivity index (χ1n) is 6.20.